The first-order chi connectivity index (χ1) is 25.5. The Balaban J connectivity index is 1.12. The highest BCUT2D eigenvalue weighted by atomic mass is 32.2. The number of benzene rings is 3. The molecule has 2 atom stereocenters. The summed E-state index contributed by atoms with van der Waals surface area (Å²) in [6.45, 7) is 6.42. The number of fused-ring (bicyclic) bond motifs is 2. The topological polar surface area (TPSA) is 108 Å². The lowest BCUT2D eigenvalue weighted by Gasteiger charge is -2.44. The third-order valence-corrected chi connectivity index (χ3v) is 13.0. The molecule has 1 N–H and O–H groups in total. The number of alkyl carbamates (subject to hydrolysis) is 1. The highest BCUT2D eigenvalue weighted by molar-refractivity contribution is 7.89. The van der Waals surface area contributed by atoms with Crippen molar-refractivity contribution in [3.8, 4) is 5.75 Å². The molecule has 54 heavy (non-hydrogen) atoms. The number of carbonyl (C=O) groups is 2. The smallest absolute Gasteiger partial charge is 0.416 e. The van der Waals surface area contributed by atoms with Gasteiger partial charge in [-0.05, 0) is 130 Å². The van der Waals surface area contributed by atoms with E-state index in [9.17, 15) is 31.2 Å². The van der Waals surface area contributed by atoms with Gasteiger partial charge < -0.3 is 19.7 Å². The van der Waals surface area contributed by atoms with E-state index in [4.69, 9.17) is 9.47 Å². The molecule has 2 aliphatic heterocycles. The van der Waals surface area contributed by atoms with Crippen molar-refractivity contribution in [2.45, 2.75) is 113 Å². The second-order valence-electron chi connectivity index (χ2n) is 16.0. The third kappa shape index (κ3) is 8.35. The molecule has 3 aromatic carbocycles. The molecule has 3 fully saturated rings. The quantitative estimate of drug-likeness (QED) is 0.274. The van der Waals surface area contributed by atoms with Crippen LogP contribution in [0.3, 0.4) is 0 Å². The van der Waals surface area contributed by atoms with E-state index in [0.717, 1.165) is 53.8 Å². The number of piperidine rings is 1. The van der Waals surface area contributed by atoms with Gasteiger partial charge in [0, 0.05) is 44.8 Å². The fraction of sp³-hybridized carbons (Fsp3) is 0.550. The van der Waals surface area contributed by atoms with Gasteiger partial charge in [0.1, 0.15) is 17.4 Å². The van der Waals surface area contributed by atoms with Crippen LogP contribution < -0.4 is 10.1 Å². The van der Waals surface area contributed by atoms with Crippen molar-refractivity contribution in [3.05, 3.63) is 71.3 Å². The number of halogens is 3. The molecular formula is C40H49F3N4O6S. The summed E-state index contributed by atoms with van der Waals surface area (Å²) < 4.78 is 82.4. The van der Waals surface area contributed by atoms with Gasteiger partial charge in [-0.2, -0.15) is 17.5 Å². The predicted octanol–water partition coefficient (Wildman–Crippen LogP) is 7.06. The van der Waals surface area contributed by atoms with E-state index in [1.54, 1.807) is 43.9 Å². The number of sulfonamides is 1. The van der Waals surface area contributed by atoms with Crippen molar-refractivity contribution >= 4 is 32.8 Å². The fourth-order valence-corrected chi connectivity index (χ4v) is 10.0. The fourth-order valence-electron chi connectivity index (χ4n) is 8.41. The van der Waals surface area contributed by atoms with E-state index < -0.39 is 39.5 Å². The molecule has 0 bridgehead atoms. The lowest BCUT2D eigenvalue weighted by molar-refractivity contribution is -0.139. The molecule has 0 spiro atoms. The SMILES string of the molecule is CC(C)(C)OC(=O)NC1CCN(C(=O)[C@@H]2CN([C@@H]3CCc4cc(C(F)(F)F)ccc43)CCN2S(=O)(=O)c2ccc3cc(OC4CCCC4)ccc3c2)CC1. The second kappa shape index (κ2) is 15.0. The molecule has 7 rings (SSSR count). The summed E-state index contributed by atoms with van der Waals surface area (Å²) in [5, 5.41) is 4.46. The minimum Gasteiger partial charge on any atom is -0.490 e. The average molecular weight is 771 g/mol. The Morgan fingerprint density at radius 2 is 1.54 bits per heavy atom. The summed E-state index contributed by atoms with van der Waals surface area (Å²) in [5.74, 6) is 0.416. The van der Waals surface area contributed by atoms with Crippen molar-refractivity contribution in [2.24, 2.45) is 0 Å². The van der Waals surface area contributed by atoms with Gasteiger partial charge in [-0.3, -0.25) is 9.69 Å². The van der Waals surface area contributed by atoms with Gasteiger partial charge in [0.25, 0.3) is 0 Å². The van der Waals surface area contributed by atoms with Gasteiger partial charge >= 0.3 is 12.3 Å². The van der Waals surface area contributed by atoms with Crippen LogP contribution >= 0.6 is 0 Å². The normalized spacial score (nSPS) is 22.4. The van der Waals surface area contributed by atoms with Crippen LogP contribution in [0.1, 0.15) is 88.4 Å². The van der Waals surface area contributed by atoms with E-state index in [2.05, 4.69) is 10.2 Å². The summed E-state index contributed by atoms with van der Waals surface area (Å²) in [6.07, 6.45) is 1.55. The summed E-state index contributed by atoms with van der Waals surface area (Å²) >= 11 is 0. The molecule has 2 amide bonds. The number of hydrogen-bond acceptors (Lipinski definition) is 7. The molecule has 4 aliphatic rings. The lowest BCUT2D eigenvalue weighted by atomic mass is 10.0. The number of nitrogens with zero attached hydrogens (tertiary/aromatic N) is 3. The largest absolute Gasteiger partial charge is 0.490 e. The van der Waals surface area contributed by atoms with Gasteiger partial charge in [-0.1, -0.05) is 18.2 Å². The van der Waals surface area contributed by atoms with Crippen molar-refractivity contribution in [1.29, 1.82) is 0 Å². The Morgan fingerprint density at radius 1 is 0.833 bits per heavy atom. The maximum atomic E-state index is 14.5. The van der Waals surface area contributed by atoms with Crippen molar-refractivity contribution in [2.75, 3.05) is 32.7 Å². The van der Waals surface area contributed by atoms with Crippen LogP contribution in [0, 0.1) is 0 Å². The highest BCUT2D eigenvalue weighted by Gasteiger charge is 2.45. The lowest BCUT2D eigenvalue weighted by Crippen LogP contribution is -2.62. The Kier molecular flexibility index (Phi) is 10.7. The Hall–Kier alpha value is -3.88. The van der Waals surface area contributed by atoms with Gasteiger partial charge in [0.2, 0.25) is 15.9 Å². The molecule has 10 nitrogen and oxygen atoms in total. The van der Waals surface area contributed by atoms with Gasteiger partial charge in [0.15, 0.2) is 0 Å². The zero-order valence-electron chi connectivity index (χ0n) is 31.0. The van der Waals surface area contributed by atoms with Gasteiger partial charge in [-0.15, -0.1) is 0 Å². The second-order valence-corrected chi connectivity index (χ2v) is 17.9. The van der Waals surface area contributed by atoms with Crippen molar-refractivity contribution < 1.29 is 40.7 Å². The maximum absolute atomic E-state index is 14.5. The Labute approximate surface area is 315 Å². The number of nitrogens with one attached hydrogen (secondary N) is 1. The monoisotopic (exact) mass is 770 g/mol. The molecule has 0 aromatic heterocycles. The van der Waals surface area contributed by atoms with Crippen LogP contribution in [0.25, 0.3) is 10.8 Å². The summed E-state index contributed by atoms with van der Waals surface area (Å²) in [5.41, 5.74) is 0.0643. The maximum Gasteiger partial charge on any atom is 0.416 e. The number of carbonyl (C=O) groups excluding carboxylic acids is 2. The minimum absolute atomic E-state index is 0.0358. The van der Waals surface area contributed by atoms with Crippen LogP contribution in [-0.4, -0.2) is 91.0 Å². The molecule has 14 heteroatoms. The molecule has 2 aliphatic carbocycles. The van der Waals surface area contributed by atoms with Crippen LogP contribution in [0.4, 0.5) is 18.0 Å². The van der Waals surface area contributed by atoms with E-state index >= 15 is 0 Å². The van der Waals surface area contributed by atoms with Crippen LogP contribution in [0.15, 0.2) is 59.5 Å². The van der Waals surface area contributed by atoms with E-state index in [-0.39, 0.29) is 42.1 Å². The molecule has 2 heterocycles. The number of likely N-dealkylation sites (tertiary alicyclic amines) is 1. The number of alkyl halides is 3. The van der Waals surface area contributed by atoms with E-state index in [1.165, 1.54) is 16.4 Å². The number of ether oxygens (including phenoxy) is 2. The standard InChI is InChI=1S/C40H49F3N4O6S/c1-39(2,3)53-38(49)44-30-16-18-45(19-17-30)37(48)36-25-46(35-15-10-28-22-29(40(41,42)43)11-14-34(28)35)20-21-47(36)54(50,51)33-13-9-26-23-32(12-8-27(26)24-33)52-31-6-4-5-7-31/h8-9,11-14,22-24,30-31,35-36H,4-7,10,15-21,25H2,1-3H3,(H,44,49)/t35-,36+/m1/s1. The number of piperazine rings is 1. The molecule has 292 valence electrons. The first-order valence-electron chi connectivity index (χ1n) is 19.0. The number of aryl methyl sites for hydroxylation is 1. The number of rotatable bonds is 7. The van der Waals surface area contributed by atoms with E-state index in [1.807, 2.05) is 18.2 Å². The average Bonchev–Trinajstić information content (AvgIpc) is 3.80. The van der Waals surface area contributed by atoms with Crippen LogP contribution in [-0.2, 0) is 32.2 Å². The first kappa shape index (κ1) is 38.4. The zero-order valence-corrected chi connectivity index (χ0v) is 31.8. The predicted molar refractivity (Wildman–Crippen MR) is 198 cm³/mol. The molecule has 0 radical (unpaired) electrons. The zero-order chi connectivity index (χ0) is 38.4. The van der Waals surface area contributed by atoms with Crippen LogP contribution in [0.5, 0.6) is 5.75 Å². The number of hydrogen-bond donors (Lipinski definition) is 1. The molecule has 1 saturated carbocycles. The molecule has 3 aromatic rings. The molecule has 2 saturated heterocycles. The van der Waals surface area contributed by atoms with Crippen molar-refractivity contribution in [1.82, 2.24) is 19.4 Å². The Morgan fingerprint density at radius 3 is 2.24 bits per heavy atom. The molecule has 0 unspecified atom stereocenters. The third-order valence-electron chi connectivity index (χ3n) is 11.1. The van der Waals surface area contributed by atoms with Gasteiger partial charge in [-0.25, -0.2) is 13.2 Å². The van der Waals surface area contributed by atoms with Crippen molar-refractivity contribution in [3.63, 3.8) is 0 Å². The molecular weight excluding hydrogens is 722 g/mol. The van der Waals surface area contributed by atoms with E-state index in [0.29, 0.717) is 50.9 Å². The summed E-state index contributed by atoms with van der Waals surface area (Å²) in [4.78, 5) is 30.7. The summed E-state index contributed by atoms with van der Waals surface area (Å²) in [6, 6.07) is 12.9. The van der Waals surface area contributed by atoms with Crippen LogP contribution in [0.2, 0.25) is 0 Å². The first-order valence-corrected chi connectivity index (χ1v) is 20.4. The highest BCUT2D eigenvalue weighted by Crippen LogP contribution is 2.41. The minimum atomic E-state index is -4.45. The van der Waals surface area contributed by atoms with Gasteiger partial charge in [0.05, 0.1) is 16.6 Å². The summed E-state index contributed by atoms with van der Waals surface area (Å²) in [7, 11) is -4.16. The Bertz CT molecular complexity index is 1990. The number of amides is 2.